The molecule has 2 aromatic heterocycles. The summed E-state index contributed by atoms with van der Waals surface area (Å²) in [6.07, 6.45) is 14.1. The summed E-state index contributed by atoms with van der Waals surface area (Å²) in [7, 11) is 0. The molecule has 0 saturated heterocycles. The van der Waals surface area contributed by atoms with Gasteiger partial charge in [-0.1, -0.05) is 19.3 Å². The quantitative estimate of drug-likeness (QED) is 0.929. The first-order valence-corrected chi connectivity index (χ1v) is 9.38. The average molecular weight is 336 g/mol. The number of carbonyl (C=O) groups excluding carboxylic acids is 1. The van der Waals surface area contributed by atoms with Crippen LogP contribution in [0.3, 0.4) is 0 Å². The van der Waals surface area contributed by atoms with Gasteiger partial charge in [-0.25, -0.2) is 9.97 Å². The third-order valence-electron chi connectivity index (χ3n) is 5.41. The Morgan fingerprint density at radius 1 is 1.04 bits per heavy atom. The summed E-state index contributed by atoms with van der Waals surface area (Å²) in [6, 6.07) is 3.91. The Bertz CT molecular complexity index is 741. The molecule has 0 aliphatic heterocycles. The molecular weight excluding hydrogens is 312 g/mol. The van der Waals surface area contributed by atoms with Gasteiger partial charge >= 0.3 is 0 Å². The molecule has 2 aliphatic rings. The lowest BCUT2D eigenvalue weighted by Gasteiger charge is -2.28. The average Bonchev–Trinajstić information content (AvgIpc) is 2.69. The molecule has 25 heavy (non-hydrogen) atoms. The molecule has 2 aliphatic carbocycles. The predicted molar refractivity (Wildman–Crippen MR) is 95.7 cm³/mol. The van der Waals surface area contributed by atoms with Crippen LogP contribution in [-0.4, -0.2) is 20.9 Å². The number of hydrogen-bond donors (Lipinski definition) is 1. The largest absolute Gasteiger partial charge is 0.349 e. The van der Waals surface area contributed by atoms with Crippen LogP contribution in [0.2, 0.25) is 0 Å². The van der Waals surface area contributed by atoms with Crippen molar-refractivity contribution in [2.24, 2.45) is 5.92 Å². The van der Waals surface area contributed by atoms with Crippen molar-refractivity contribution in [3.8, 4) is 11.4 Å². The number of pyridine rings is 1. The Labute approximate surface area is 148 Å². The van der Waals surface area contributed by atoms with Gasteiger partial charge in [0, 0.05) is 41.3 Å². The molecule has 0 radical (unpaired) electrons. The van der Waals surface area contributed by atoms with Crippen LogP contribution in [-0.2, 0) is 11.2 Å². The summed E-state index contributed by atoms with van der Waals surface area (Å²) < 4.78 is 0. The van der Waals surface area contributed by atoms with Crippen LogP contribution >= 0.6 is 0 Å². The number of hydrogen-bond acceptors (Lipinski definition) is 4. The molecule has 1 saturated carbocycles. The molecule has 0 unspecified atom stereocenters. The summed E-state index contributed by atoms with van der Waals surface area (Å²) in [6.45, 7) is 0. The van der Waals surface area contributed by atoms with Gasteiger partial charge in [0.05, 0.1) is 6.04 Å². The number of amides is 1. The molecule has 2 heterocycles. The first-order chi connectivity index (χ1) is 12.3. The third-order valence-corrected chi connectivity index (χ3v) is 5.41. The monoisotopic (exact) mass is 336 g/mol. The molecule has 130 valence electrons. The van der Waals surface area contributed by atoms with E-state index < -0.39 is 0 Å². The van der Waals surface area contributed by atoms with Crippen molar-refractivity contribution >= 4 is 5.91 Å². The number of nitrogens with zero attached hydrogens (tertiary/aromatic N) is 3. The molecule has 0 bridgehead atoms. The number of aromatic nitrogens is 3. The zero-order chi connectivity index (χ0) is 17.1. The molecule has 5 nitrogen and oxygen atoms in total. The van der Waals surface area contributed by atoms with E-state index in [1.165, 1.54) is 19.3 Å². The third kappa shape index (κ3) is 3.55. The molecule has 1 atom stereocenters. The first-order valence-electron chi connectivity index (χ1n) is 9.38. The molecule has 1 fully saturated rings. The summed E-state index contributed by atoms with van der Waals surface area (Å²) in [5, 5.41) is 3.28. The van der Waals surface area contributed by atoms with E-state index in [1.54, 1.807) is 12.4 Å². The fraction of sp³-hybridized carbons (Fsp3) is 0.500. The normalized spacial score (nSPS) is 20.7. The number of fused-ring (bicyclic) bond motifs is 1. The number of nitrogens with one attached hydrogen (secondary N) is 1. The van der Waals surface area contributed by atoms with Gasteiger partial charge in [-0.05, 0) is 44.2 Å². The van der Waals surface area contributed by atoms with E-state index in [1.807, 2.05) is 18.3 Å². The second-order valence-electron chi connectivity index (χ2n) is 7.12. The smallest absolute Gasteiger partial charge is 0.223 e. The molecule has 5 heteroatoms. The van der Waals surface area contributed by atoms with E-state index >= 15 is 0 Å². The summed E-state index contributed by atoms with van der Waals surface area (Å²) in [4.78, 5) is 26.0. The first kappa shape index (κ1) is 16.2. The highest BCUT2D eigenvalue weighted by Gasteiger charge is 2.27. The van der Waals surface area contributed by atoms with E-state index in [-0.39, 0.29) is 17.9 Å². The van der Waals surface area contributed by atoms with Gasteiger partial charge in [-0.2, -0.15) is 0 Å². The summed E-state index contributed by atoms with van der Waals surface area (Å²) in [5.74, 6) is 1.15. The Morgan fingerprint density at radius 2 is 1.84 bits per heavy atom. The highest BCUT2D eigenvalue weighted by atomic mass is 16.1. The lowest BCUT2D eigenvalue weighted by molar-refractivity contribution is -0.126. The minimum atomic E-state index is 0.0599. The van der Waals surface area contributed by atoms with Crippen molar-refractivity contribution in [1.82, 2.24) is 20.3 Å². The fourth-order valence-electron chi connectivity index (χ4n) is 3.99. The zero-order valence-electron chi connectivity index (χ0n) is 14.4. The second-order valence-corrected chi connectivity index (χ2v) is 7.12. The van der Waals surface area contributed by atoms with Crippen LogP contribution in [0.4, 0.5) is 0 Å². The van der Waals surface area contributed by atoms with Gasteiger partial charge in [0.2, 0.25) is 5.91 Å². The topological polar surface area (TPSA) is 67.8 Å². The van der Waals surface area contributed by atoms with Crippen LogP contribution in [0.1, 0.15) is 62.2 Å². The van der Waals surface area contributed by atoms with Gasteiger partial charge in [0.25, 0.3) is 0 Å². The van der Waals surface area contributed by atoms with Crippen LogP contribution in [0.15, 0.2) is 30.7 Å². The van der Waals surface area contributed by atoms with Crippen LogP contribution in [0.5, 0.6) is 0 Å². The van der Waals surface area contributed by atoms with Crippen LogP contribution in [0, 0.1) is 5.92 Å². The fourth-order valence-corrected chi connectivity index (χ4v) is 3.99. The van der Waals surface area contributed by atoms with Gasteiger partial charge in [-0.15, -0.1) is 0 Å². The standard InChI is InChI=1S/C20H24N4O/c25-20(15-5-2-1-3-6-15)24-18-8-4-7-17-16(18)13-22-19(23-17)14-9-11-21-12-10-14/h9-13,15,18H,1-8H2,(H,24,25)/t18-/m0/s1. The second kappa shape index (κ2) is 7.30. The van der Waals surface area contributed by atoms with Gasteiger partial charge in [-0.3, -0.25) is 9.78 Å². The van der Waals surface area contributed by atoms with Crippen molar-refractivity contribution in [2.45, 2.75) is 57.4 Å². The Hall–Kier alpha value is -2.30. The van der Waals surface area contributed by atoms with Gasteiger partial charge in [0.1, 0.15) is 0 Å². The van der Waals surface area contributed by atoms with Crippen molar-refractivity contribution in [2.75, 3.05) is 0 Å². The molecule has 1 N–H and O–H groups in total. The summed E-state index contributed by atoms with van der Waals surface area (Å²) in [5.41, 5.74) is 3.14. The molecule has 2 aromatic rings. The lowest BCUT2D eigenvalue weighted by Crippen LogP contribution is -2.36. The van der Waals surface area contributed by atoms with E-state index in [9.17, 15) is 4.79 Å². The van der Waals surface area contributed by atoms with E-state index in [0.717, 1.165) is 54.7 Å². The maximum Gasteiger partial charge on any atom is 0.223 e. The Kier molecular flexibility index (Phi) is 4.72. The minimum Gasteiger partial charge on any atom is -0.349 e. The van der Waals surface area contributed by atoms with Crippen molar-refractivity contribution in [1.29, 1.82) is 0 Å². The molecule has 4 rings (SSSR count). The maximum absolute atomic E-state index is 12.6. The van der Waals surface area contributed by atoms with Crippen molar-refractivity contribution < 1.29 is 4.79 Å². The van der Waals surface area contributed by atoms with Crippen LogP contribution in [0.25, 0.3) is 11.4 Å². The lowest BCUT2D eigenvalue weighted by atomic mass is 9.87. The Balaban J connectivity index is 1.52. The van der Waals surface area contributed by atoms with Gasteiger partial charge in [0.15, 0.2) is 5.82 Å². The number of carbonyl (C=O) groups is 1. The van der Waals surface area contributed by atoms with E-state index in [4.69, 9.17) is 4.98 Å². The zero-order valence-corrected chi connectivity index (χ0v) is 14.4. The minimum absolute atomic E-state index is 0.0599. The molecule has 0 spiro atoms. The number of rotatable bonds is 3. The van der Waals surface area contributed by atoms with Gasteiger partial charge < -0.3 is 5.32 Å². The van der Waals surface area contributed by atoms with Crippen LogP contribution < -0.4 is 5.32 Å². The maximum atomic E-state index is 12.6. The van der Waals surface area contributed by atoms with Crippen molar-refractivity contribution in [3.05, 3.63) is 42.0 Å². The van der Waals surface area contributed by atoms with E-state index in [0.29, 0.717) is 0 Å². The Morgan fingerprint density at radius 3 is 2.64 bits per heavy atom. The summed E-state index contributed by atoms with van der Waals surface area (Å²) >= 11 is 0. The van der Waals surface area contributed by atoms with Crippen molar-refractivity contribution in [3.63, 3.8) is 0 Å². The highest BCUT2D eigenvalue weighted by molar-refractivity contribution is 5.79. The molecule has 1 amide bonds. The highest BCUT2D eigenvalue weighted by Crippen LogP contribution is 2.31. The number of aryl methyl sites for hydroxylation is 1. The van der Waals surface area contributed by atoms with E-state index in [2.05, 4.69) is 15.3 Å². The SMILES string of the molecule is O=C(N[C@H]1CCCc2nc(-c3ccncc3)ncc21)C1CCCCC1. The predicted octanol–water partition coefficient (Wildman–Crippen LogP) is 3.61. The molecular formula is C20H24N4O. The molecule has 0 aromatic carbocycles.